The van der Waals surface area contributed by atoms with E-state index in [2.05, 4.69) is 30.7 Å². The molecule has 0 fully saturated rings. The summed E-state index contributed by atoms with van der Waals surface area (Å²) >= 11 is 17.7. The molecule has 0 amide bonds. The van der Waals surface area contributed by atoms with Crippen molar-refractivity contribution >= 4 is 35.4 Å². The van der Waals surface area contributed by atoms with Gasteiger partial charge in [0.1, 0.15) is 10.5 Å². The standard InChI is InChI=1S/C15H16Cl2N2S/c1-8-12(10-7-9(16)5-6-11(10)17)18-14(15(2,3)4)19-13(8)20/h5-7H,1-4H3,(H,18,19,20). The molecule has 1 N–H and O–H groups in total. The van der Waals surface area contributed by atoms with Gasteiger partial charge in [0.25, 0.3) is 0 Å². The second-order valence-corrected chi connectivity index (χ2v) is 7.00. The van der Waals surface area contributed by atoms with E-state index in [0.29, 0.717) is 14.7 Å². The molecule has 0 unspecified atom stereocenters. The molecule has 1 aromatic heterocycles. The van der Waals surface area contributed by atoms with E-state index in [-0.39, 0.29) is 5.41 Å². The lowest BCUT2D eigenvalue weighted by molar-refractivity contribution is 0.544. The molecule has 2 aromatic rings. The highest BCUT2D eigenvalue weighted by Crippen LogP contribution is 2.32. The monoisotopic (exact) mass is 326 g/mol. The molecule has 2 rings (SSSR count). The van der Waals surface area contributed by atoms with E-state index in [1.54, 1.807) is 12.1 Å². The van der Waals surface area contributed by atoms with E-state index < -0.39 is 0 Å². The van der Waals surface area contributed by atoms with E-state index in [0.717, 1.165) is 22.6 Å². The van der Waals surface area contributed by atoms with Crippen LogP contribution < -0.4 is 0 Å². The number of rotatable bonds is 1. The maximum atomic E-state index is 6.29. The molecule has 2 nitrogen and oxygen atoms in total. The molecule has 106 valence electrons. The van der Waals surface area contributed by atoms with Gasteiger partial charge in [-0.05, 0) is 25.1 Å². The van der Waals surface area contributed by atoms with Crippen LogP contribution in [0.3, 0.4) is 0 Å². The predicted octanol–water partition coefficient (Wildman–Crippen LogP) is 5.72. The third-order valence-electron chi connectivity index (χ3n) is 3.06. The first-order chi connectivity index (χ1) is 9.20. The lowest BCUT2D eigenvalue weighted by Crippen LogP contribution is -2.17. The minimum absolute atomic E-state index is 0.124. The van der Waals surface area contributed by atoms with Gasteiger partial charge < -0.3 is 4.98 Å². The average molecular weight is 327 g/mol. The van der Waals surface area contributed by atoms with Gasteiger partial charge in [0.15, 0.2) is 0 Å². The van der Waals surface area contributed by atoms with Gasteiger partial charge in [0.05, 0.1) is 5.69 Å². The Balaban J connectivity index is 2.77. The van der Waals surface area contributed by atoms with E-state index in [1.165, 1.54) is 0 Å². The van der Waals surface area contributed by atoms with Crippen molar-refractivity contribution in [2.24, 2.45) is 0 Å². The number of aromatic amines is 1. The van der Waals surface area contributed by atoms with Gasteiger partial charge >= 0.3 is 0 Å². The van der Waals surface area contributed by atoms with E-state index in [9.17, 15) is 0 Å². The van der Waals surface area contributed by atoms with Crippen LogP contribution in [0.15, 0.2) is 18.2 Å². The number of halogens is 2. The number of nitrogens with one attached hydrogen (secondary N) is 1. The minimum atomic E-state index is -0.124. The van der Waals surface area contributed by atoms with Crippen LogP contribution in [-0.4, -0.2) is 9.97 Å². The molecule has 0 saturated heterocycles. The summed E-state index contributed by atoms with van der Waals surface area (Å²) in [6.45, 7) is 8.18. The predicted molar refractivity (Wildman–Crippen MR) is 88.3 cm³/mol. The van der Waals surface area contributed by atoms with Crippen molar-refractivity contribution in [1.29, 1.82) is 0 Å². The Kier molecular flexibility index (Phi) is 4.24. The van der Waals surface area contributed by atoms with Crippen LogP contribution in [0.5, 0.6) is 0 Å². The van der Waals surface area contributed by atoms with Crippen molar-refractivity contribution < 1.29 is 0 Å². The van der Waals surface area contributed by atoms with Crippen LogP contribution >= 0.6 is 35.4 Å². The summed E-state index contributed by atoms with van der Waals surface area (Å²) in [4.78, 5) is 7.82. The van der Waals surface area contributed by atoms with Crippen LogP contribution in [0.1, 0.15) is 32.2 Å². The fourth-order valence-corrected chi connectivity index (χ4v) is 2.42. The van der Waals surface area contributed by atoms with E-state index in [1.807, 2.05) is 13.0 Å². The molecule has 0 spiro atoms. The van der Waals surface area contributed by atoms with Crippen molar-refractivity contribution in [3.63, 3.8) is 0 Å². The smallest absolute Gasteiger partial charge is 0.133 e. The van der Waals surface area contributed by atoms with Crippen molar-refractivity contribution in [2.75, 3.05) is 0 Å². The largest absolute Gasteiger partial charge is 0.342 e. The Morgan fingerprint density at radius 1 is 1.20 bits per heavy atom. The fourth-order valence-electron chi connectivity index (χ4n) is 1.85. The van der Waals surface area contributed by atoms with E-state index >= 15 is 0 Å². The van der Waals surface area contributed by atoms with Crippen LogP contribution in [0.4, 0.5) is 0 Å². The van der Waals surface area contributed by atoms with Gasteiger partial charge in [-0.1, -0.05) is 56.2 Å². The summed E-state index contributed by atoms with van der Waals surface area (Å²) in [5, 5.41) is 1.27. The van der Waals surface area contributed by atoms with E-state index in [4.69, 9.17) is 35.4 Å². The van der Waals surface area contributed by atoms with Crippen LogP contribution in [0.2, 0.25) is 10.0 Å². The van der Waals surface area contributed by atoms with Gasteiger partial charge in [0.2, 0.25) is 0 Å². The SMILES string of the molecule is Cc1c(-c2cc(Cl)ccc2Cl)[nH]c(C(C)(C)C)nc1=S. The number of hydrogen-bond acceptors (Lipinski definition) is 2. The molecule has 0 radical (unpaired) electrons. The van der Waals surface area contributed by atoms with Gasteiger partial charge in [0, 0.05) is 26.6 Å². The molecular formula is C15H16Cl2N2S. The van der Waals surface area contributed by atoms with Crippen molar-refractivity contribution in [2.45, 2.75) is 33.1 Å². The lowest BCUT2D eigenvalue weighted by Gasteiger charge is -2.20. The molecule has 1 aromatic carbocycles. The highest BCUT2D eigenvalue weighted by atomic mass is 35.5. The molecule has 0 bridgehead atoms. The second kappa shape index (κ2) is 5.47. The second-order valence-electron chi connectivity index (χ2n) is 5.76. The lowest BCUT2D eigenvalue weighted by atomic mass is 9.95. The molecule has 0 aliphatic heterocycles. The zero-order valence-electron chi connectivity index (χ0n) is 11.8. The molecular weight excluding hydrogens is 311 g/mol. The first-order valence-corrected chi connectivity index (χ1v) is 7.43. The van der Waals surface area contributed by atoms with Gasteiger partial charge in [-0.15, -0.1) is 0 Å². The summed E-state index contributed by atoms with van der Waals surface area (Å²) in [6, 6.07) is 5.39. The topological polar surface area (TPSA) is 28.7 Å². The van der Waals surface area contributed by atoms with Crippen LogP contribution in [0, 0.1) is 11.6 Å². The fraction of sp³-hybridized carbons (Fsp3) is 0.333. The average Bonchev–Trinajstić information content (AvgIpc) is 2.34. The molecule has 20 heavy (non-hydrogen) atoms. The summed E-state index contributed by atoms with van der Waals surface area (Å²) in [5.41, 5.74) is 2.50. The molecule has 0 atom stereocenters. The first-order valence-electron chi connectivity index (χ1n) is 6.27. The molecule has 0 aliphatic rings. The normalized spacial score (nSPS) is 11.7. The third kappa shape index (κ3) is 3.05. The maximum Gasteiger partial charge on any atom is 0.133 e. The Labute approximate surface area is 134 Å². The highest BCUT2D eigenvalue weighted by Gasteiger charge is 2.19. The summed E-state index contributed by atoms with van der Waals surface area (Å²) in [5.74, 6) is 0.833. The Morgan fingerprint density at radius 2 is 1.85 bits per heavy atom. The molecule has 0 aliphatic carbocycles. The summed E-state index contributed by atoms with van der Waals surface area (Å²) in [7, 11) is 0. The maximum absolute atomic E-state index is 6.29. The molecule has 5 heteroatoms. The van der Waals surface area contributed by atoms with Crippen LogP contribution in [0.25, 0.3) is 11.3 Å². The van der Waals surface area contributed by atoms with Crippen LogP contribution in [-0.2, 0) is 5.41 Å². The van der Waals surface area contributed by atoms with Gasteiger partial charge in [-0.25, -0.2) is 4.98 Å². The van der Waals surface area contributed by atoms with Crippen molar-refractivity contribution in [3.05, 3.63) is 44.3 Å². The zero-order valence-corrected chi connectivity index (χ0v) is 14.2. The van der Waals surface area contributed by atoms with Crippen molar-refractivity contribution in [1.82, 2.24) is 9.97 Å². The Hall–Kier alpha value is -0.900. The first kappa shape index (κ1) is 15.5. The van der Waals surface area contributed by atoms with Gasteiger partial charge in [-0.3, -0.25) is 0 Å². The van der Waals surface area contributed by atoms with Crippen molar-refractivity contribution in [3.8, 4) is 11.3 Å². The molecule has 0 saturated carbocycles. The molecule has 1 heterocycles. The number of H-pyrrole nitrogens is 1. The zero-order chi connectivity index (χ0) is 15.1. The number of benzene rings is 1. The third-order valence-corrected chi connectivity index (χ3v) is 4.02. The summed E-state index contributed by atoms with van der Waals surface area (Å²) < 4.78 is 0.583. The number of aromatic nitrogens is 2. The number of hydrogen-bond donors (Lipinski definition) is 1. The quantitative estimate of drug-likeness (QED) is 0.679. The minimum Gasteiger partial charge on any atom is -0.342 e. The van der Waals surface area contributed by atoms with Gasteiger partial charge in [-0.2, -0.15) is 0 Å². The number of nitrogens with zero attached hydrogens (tertiary/aromatic N) is 1. The summed E-state index contributed by atoms with van der Waals surface area (Å²) in [6.07, 6.45) is 0. The Bertz CT molecular complexity index is 715. The highest BCUT2D eigenvalue weighted by molar-refractivity contribution is 7.71. The Morgan fingerprint density at radius 3 is 2.45 bits per heavy atom.